The summed E-state index contributed by atoms with van der Waals surface area (Å²) in [5, 5.41) is 3.96. The smallest absolute Gasteiger partial charge is 0.306 e. The first-order valence-corrected chi connectivity index (χ1v) is 10.2. The van der Waals surface area contributed by atoms with E-state index >= 15 is 0 Å². The monoisotopic (exact) mass is 419 g/mol. The van der Waals surface area contributed by atoms with Crippen molar-refractivity contribution in [2.24, 2.45) is 0 Å². The van der Waals surface area contributed by atoms with Gasteiger partial charge in [0.05, 0.1) is 12.6 Å². The van der Waals surface area contributed by atoms with Gasteiger partial charge in [-0.25, -0.2) is 0 Å². The number of methoxy groups -OCH3 is 1. The number of rotatable bonds is 10. The number of ether oxygens (including phenoxy) is 2. The molecule has 0 amide bonds. The molecule has 0 aliphatic heterocycles. The molecule has 0 saturated heterocycles. The molecule has 1 atom stereocenters. The number of hydrogen-bond donors (Lipinski definition) is 0. The number of ketones is 1. The van der Waals surface area contributed by atoms with Gasteiger partial charge in [0, 0.05) is 42.3 Å². The summed E-state index contributed by atoms with van der Waals surface area (Å²) in [5.41, 5.74) is 2.21. The number of hydrogen-bond acceptors (Lipinski definition) is 7. The molecule has 2 heterocycles. The highest BCUT2D eigenvalue weighted by molar-refractivity contribution is 5.99. The molecule has 8 heteroatoms. The van der Waals surface area contributed by atoms with E-state index in [1.165, 1.54) is 0 Å². The number of aryl methyl sites for hydroxylation is 2. The summed E-state index contributed by atoms with van der Waals surface area (Å²) in [7, 11) is 1.65. The largest absolute Gasteiger partial charge is 0.457 e. The van der Waals surface area contributed by atoms with Crippen molar-refractivity contribution < 1.29 is 23.6 Å². The fourth-order valence-electron chi connectivity index (χ4n) is 3.39. The second-order valence-corrected chi connectivity index (χ2v) is 8.66. The molecule has 0 radical (unpaired) electrons. The van der Waals surface area contributed by atoms with E-state index in [4.69, 9.17) is 14.0 Å². The minimum atomic E-state index is -0.416. The number of aromatic nitrogens is 3. The summed E-state index contributed by atoms with van der Waals surface area (Å²) in [5.74, 6) is 0.518. The summed E-state index contributed by atoms with van der Waals surface area (Å²) in [4.78, 5) is 28.9. The lowest BCUT2D eigenvalue weighted by atomic mass is 9.96. The van der Waals surface area contributed by atoms with E-state index in [2.05, 4.69) is 14.7 Å². The van der Waals surface area contributed by atoms with Crippen LogP contribution in [0.4, 0.5) is 0 Å². The highest BCUT2D eigenvalue weighted by atomic mass is 16.5. The Bertz CT molecular complexity index is 876. The molecule has 0 aliphatic carbocycles. The van der Waals surface area contributed by atoms with Gasteiger partial charge in [0.1, 0.15) is 0 Å². The third-order valence-electron chi connectivity index (χ3n) is 4.91. The number of Topliss-reactive ketones (excluding diaryl/α,β-unsaturated/α-hetero) is 1. The zero-order valence-electron chi connectivity index (χ0n) is 19.1. The molecule has 0 spiro atoms. The average Bonchev–Trinajstić information content (AvgIpc) is 3.24. The molecule has 30 heavy (non-hydrogen) atoms. The van der Waals surface area contributed by atoms with E-state index in [9.17, 15) is 9.59 Å². The maximum Gasteiger partial charge on any atom is 0.306 e. The van der Waals surface area contributed by atoms with Gasteiger partial charge in [-0.15, -0.1) is 0 Å². The standard InChI is InChI=1S/C22H33N3O5/c1-14-11-17(16(3)25(14)15(2)12-28-7)18(26)13-29-20(27)10-8-9-19-23-21(24-30-19)22(4,5)6/h11,15H,8-10,12-13H2,1-7H3. The third-order valence-corrected chi connectivity index (χ3v) is 4.91. The molecule has 2 aromatic heterocycles. The Balaban J connectivity index is 1.83. The molecule has 2 rings (SSSR count). The van der Waals surface area contributed by atoms with Crippen molar-refractivity contribution in [3.05, 3.63) is 34.7 Å². The molecule has 2 aromatic rings. The minimum absolute atomic E-state index is 0.114. The number of nitrogens with zero attached hydrogens (tertiary/aromatic N) is 3. The Kier molecular flexibility index (Phi) is 7.95. The topological polar surface area (TPSA) is 96.5 Å². The Morgan fingerprint density at radius 3 is 2.57 bits per heavy atom. The Labute approximate surface area is 177 Å². The van der Waals surface area contributed by atoms with E-state index < -0.39 is 5.97 Å². The van der Waals surface area contributed by atoms with Crippen LogP contribution < -0.4 is 0 Å². The van der Waals surface area contributed by atoms with Crippen molar-refractivity contribution in [2.75, 3.05) is 20.3 Å². The van der Waals surface area contributed by atoms with Gasteiger partial charge in [-0.2, -0.15) is 4.98 Å². The lowest BCUT2D eigenvalue weighted by Gasteiger charge is -2.17. The van der Waals surface area contributed by atoms with Crippen LogP contribution in [0.25, 0.3) is 0 Å². The maximum absolute atomic E-state index is 12.6. The van der Waals surface area contributed by atoms with Gasteiger partial charge < -0.3 is 18.6 Å². The number of esters is 1. The molecule has 0 aromatic carbocycles. The van der Waals surface area contributed by atoms with Crippen LogP contribution in [-0.2, 0) is 26.1 Å². The van der Waals surface area contributed by atoms with Crippen molar-refractivity contribution in [2.45, 2.75) is 72.3 Å². The second-order valence-electron chi connectivity index (χ2n) is 8.66. The summed E-state index contributed by atoms with van der Waals surface area (Å²) in [6.07, 6.45) is 1.19. The van der Waals surface area contributed by atoms with Gasteiger partial charge in [-0.05, 0) is 33.3 Å². The molecule has 0 bridgehead atoms. The molecule has 166 valence electrons. The highest BCUT2D eigenvalue weighted by Gasteiger charge is 2.22. The van der Waals surface area contributed by atoms with E-state index in [0.29, 0.717) is 36.7 Å². The van der Waals surface area contributed by atoms with Crippen LogP contribution in [-0.4, -0.2) is 46.8 Å². The minimum Gasteiger partial charge on any atom is -0.457 e. The van der Waals surface area contributed by atoms with E-state index in [0.717, 1.165) is 11.4 Å². The molecule has 0 fully saturated rings. The maximum atomic E-state index is 12.6. The lowest BCUT2D eigenvalue weighted by molar-refractivity contribution is -0.142. The van der Waals surface area contributed by atoms with Crippen LogP contribution in [0.2, 0.25) is 0 Å². The van der Waals surface area contributed by atoms with Gasteiger partial charge in [0.2, 0.25) is 11.7 Å². The third kappa shape index (κ3) is 6.01. The Morgan fingerprint density at radius 1 is 1.27 bits per heavy atom. The van der Waals surface area contributed by atoms with Crippen LogP contribution in [0.1, 0.15) is 80.0 Å². The van der Waals surface area contributed by atoms with Gasteiger partial charge in [-0.1, -0.05) is 25.9 Å². The SMILES string of the molecule is COCC(C)n1c(C)cc(C(=O)COC(=O)CCCc2nc(C(C)(C)C)no2)c1C. The first-order chi connectivity index (χ1) is 14.0. The van der Waals surface area contributed by atoms with Gasteiger partial charge >= 0.3 is 5.97 Å². The van der Waals surface area contributed by atoms with Gasteiger partial charge in [-0.3, -0.25) is 9.59 Å². The quantitative estimate of drug-likeness (QED) is 0.427. The lowest BCUT2D eigenvalue weighted by Crippen LogP contribution is -2.17. The summed E-state index contributed by atoms with van der Waals surface area (Å²) >= 11 is 0. The van der Waals surface area contributed by atoms with Crippen molar-refractivity contribution in [1.82, 2.24) is 14.7 Å². The molecular formula is C22H33N3O5. The molecule has 0 N–H and O–H groups in total. The van der Waals surface area contributed by atoms with Crippen LogP contribution in [0, 0.1) is 13.8 Å². The van der Waals surface area contributed by atoms with Gasteiger partial charge in [0.25, 0.3) is 0 Å². The summed E-state index contributed by atoms with van der Waals surface area (Å²) in [6, 6.07) is 1.95. The van der Waals surface area contributed by atoms with E-state index in [1.54, 1.807) is 7.11 Å². The molecule has 8 nitrogen and oxygen atoms in total. The van der Waals surface area contributed by atoms with Crippen molar-refractivity contribution in [1.29, 1.82) is 0 Å². The van der Waals surface area contributed by atoms with E-state index in [-0.39, 0.29) is 30.3 Å². The number of carbonyl (C=O) groups is 2. The van der Waals surface area contributed by atoms with E-state index in [1.807, 2.05) is 47.6 Å². The zero-order valence-corrected chi connectivity index (χ0v) is 19.1. The fourth-order valence-corrected chi connectivity index (χ4v) is 3.39. The fraction of sp³-hybridized carbons (Fsp3) is 0.636. The first kappa shape index (κ1) is 23.8. The second kappa shape index (κ2) is 10.0. The summed E-state index contributed by atoms with van der Waals surface area (Å²) < 4.78 is 17.7. The Morgan fingerprint density at radius 2 is 1.97 bits per heavy atom. The Hall–Kier alpha value is -2.48. The predicted molar refractivity (Wildman–Crippen MR) is 112 cm³/mol. The molecular weight excluding hydrogens is 386 g/mol. The van der Waals surface area contributed by atoms with Crippen molar-refractivity contribution >= 4 is 11.8 Å². The summed E-state index contributed by atoms with van der Waals surface area (Å²) in [6.45, 7) is 12.2. The molecule has 1 unspecified atom stereocenters. The average molecular weight is 420 g/mol. The predicted octanol–water partition coefficient (Wildman–Crippen LogP) is 3.74. The van der Waals surface area contributed by atoms with Crippen LogP contribution >= 0.6 is 0 Å². The highest BCUT2D eigenvalue weighted by Crippen LogP contribution is 2.21. The number of carbonyl (C=O) groups excluding carboxylic acids is 2. The van der Waals surface area contributed by atoms with Crippen LogP contribution in [0.15, 0.2) is 10.6 Å². The zero-order chi connectivity index (χ0) is 22.5. The van der Waals surface area contributed by atoms with Gasteiger partial charge in [0.15, 0.2) is 12.4 Å². The van der Waals surface area contributed by atoms with Crippen molar-refractivity contribution in [3.63, 3.8) is 0 Å². The molecule has 0 saturated carbocycles. The molecule has 0 aliphatic rings. The first-order valence-electron chi connectivity index (χ1n) is 10.2. The van der Waals surface area contributed by atoms with Crippen molar-refractivity contribution in [3.8, 4) is 0 Å². The normalized spacial score (nSPS) is 12.8. The van der Waals surface area contributed by atoms with Crippen LogP contribution in [0.5, 0.6) is 0 Å². The van der Waals surface area contributed by atoms with Crippen LogP contribution in [0.3, 0.4) is 0 Å².